The lowest BCUT2D eigenvalue weighted by molar-refractivity contribution is -0.146. The van der Waals surface area contributed by atoms with E-state index < -0.39 is 22.9 Å². The maximum Gasteiger partial charge on any atom is 0.310 e. The lowest BCUT2D eigenvalue weighted by Gasteiger charge is -2.19. The third kappa shape index (κ3) is 4.50. The minimum atomic E-state index is -1.08. The van der Waals surface area contributed by atoms with Crippen molar-refractivity contribution in [3.63, 3.8) is 0 Å². The summed E-state index contributed by atoms with van der Waals surface area (Å²) in [5.41, 5.74) is -0.131. The molecule has 2 aromatic heterocycles. The zero-order chi connectivity index (χ0) is 18.6. The highest BCUT2D eigenvalue weighted by atomic mass is 16.4. The first-order chi connectivity index (χ1) is 11.7. The number of nitrogens with zero attached hydrogens (tertiary/aromatic N) is 2. The van der Waals surface area contributed by atoms with Crippen molar-refractivity contribution in [2.24, 2.45) is 5.41 Å². The van der Waals surface area contributed by atoms with E-state index in [1.54, 1.807) is 31.5 Å². The van der Waals surface area contributed by atoms with Crippen LogP contribution in [0.15, 0.2) is 29.3 Å². The Labute approximate surface area is 144 Å². The Kier molecular flexibility index (Phi) is 5.31. The van der Waals surface area contributed by atoms with Gasteiger partial charge in [-0.3, -0.25) is 19.4 Å². The molecule has 0 spiro atoms. The van der Waals surface area contributed by atoms with Gasteiger partial charge >= 0.3 is 5.97 Å². The van der Waals surface area contributed by atoms with Crippen molar-refractivity contribution in [2.45, 2.75) is 27.2 Å². The zero-order valence-electron chi connectivity index (χ0n) is 14.3. The lowest BCUT2D eigenvalue weighted by Crippen LogP contribution is -2.40. The summed E-state index contributed by atoms with van der Waals surface area (Å²) in [7, 11) is 0. The molecule has 8 heteroatoms. The van der Waals surface area contributed by atoms with Gasteiger partial charge in [0.25, 0.3) is 5.56 Å². The van der Waals surface area contributed by atoms with Gasteiger partial charge in [-0.05, 0) is 32.9 Å². The fourth-order valence-corrected chi connectivity index (χ4v) is 2.08. The van der Waals surface area contributed by atoms with E-state index in [2.05, 4.69) is 20.3 Å². The van der Waals surface area contributed by atoms with Crippen LogP contribution in [0.25, 0.3) is 11.4 Å². The number of carbonyl (C=O) groups is 2. The van der Waals surface area contributed by atoms with Crippen LogP contribution in [0.1, 0.15) is 25.1 Å². The summed E-state index contributed by atoms with van der Waals surface area (Å²) >= 11 is 0. The van der Waals surface area contributed by atoms with Gasteiger partial charge < -0.3 is 15.4 Å². The van der Waals surface area contributed by atoms with E-state index in [0.717, 1.165) is 0 Å². The van der Waals surface area contributed by atoms with Crippen molar-refractivity contribution in [1.29, 1.82) is 0 Å². The molecule has 2 aromatic rings. The van der Waals surface area contributed by atoms with E-state index in [-0.39, 0.29) is 18.5 Å². The van der Waals surface area contributed by atoms with Gasteiger partial charge in [0, 0.05) is 35.8 Å². The molecule has 0 atom stereocenters. The summed E-state index contributed by atoms with van der Waals surface area (Å²) in [5.74, 6) is -1.06. The van der Waals surface area contributed by atoms with E-state index in [9.17, 15) is 14.4 Å². The van der Waals surface area contributed by atoms with Gasteiger partial charge in [0.15, 0.2) is 0 Å². The standard InChI is InChI=1S/C17H20N4O4/c1-10-12(7-13(22)19-9-17(2,3)16(24)25)15(23)21-14(20-10)11-5-4-6-18-8-11/h4-6,8H,7,9H2,1-3H3,(H,19,22)(H,24,25)(H,20,21,23). The Bertz CT molecular complexity index is 843. The molecule has 1 amide bonds. The SMILES string of the molecule is Cc1nc(-c2cccnc2)[nH]c(=O)c1CC(=O)NCC(C)(C)C(=O)O. The van der Waals surface area contributed by atoms with Crippen molar-refractivity contribution < 1.29 is 14.7 Å². The lowest BCUT2D eigenvalue weighted by atomic mass is 9.94. The van der Waals surface area contributed by atoms with Crippen LogP contribution in [0, 0.1) is 12.3 Å². The molecular weight excluding hydrogens is 324 g/mol. The number of H-pyrrole nitrogens is 1. The van der Waals surface area contributed by atoms with Crippen LogP contribution in [-0.2, 0) is 16.0 Å². The first-order valence-electron chi connectivity index (χ1n) is 7.71. The Morgan fingerprint density at radius 3 is 2.64 bits per heavy atom. The summed E-state index contributed by atoms with van der Waals surface area (Å²) in [6, 6.07) is 3.50. The first-order valence-corrected chi connectivity index (χ1v) is 7.71. The van der Waals surface area contributed by atoms with Gasteiger partial charge in [0.2, 0.25) is 5.91 Å². The second-order valence-corrected chi connectivity index (χ2v) is 6.36. The summed E-state index contributed by atoms with van der Waals surface area (Å²) in [5, 5.41) is 11.6. The number of hydrogen-bond donors (Lipinski definition) is 3. The molecule has 0 aliphatic rings. The highest BCUT2D eigenvalue weighted by molar-refractivity contribution is 5.80. The summed E-state index contributed by atoms with van der Waals surface area (Å²) in [6.07, 6.45) is 3.03. The highest BCUT2D eigenvalue weighted by Gasteiger charge is 2.27. The van der Waals surface area contributed by atoms with Crippen molar-refractivity contribution >= 4 is 11.9 Å². The quantitative estimate of drug-likeness (QED) is 0.715. The third-order valence-electron chi connectivity index (χ3n) is 3.80. The van der Waals surface area contributed by atoms with Crippen LogP contribution >= 0.6 is 0 Å². The molecule has 0 saturated heterocycles. The van der Waals surface area contributed by atoms with Gasteiger partial charge in [0.05, 0.1) is 11.8 Å². The zero-order valence-corrected chi connectivity index (χ0v) is 14.3. The molecule has 0 fully saturated rings. The van der Waals surface area contributed by atoms with Gasteiger partial charge in [-0.2, -0.15) is 0 Å². The van der Waals surface area contributed by atoms with Crippen molar-refractivity contribution in [1.82, 2.24) is 20.3 Å². The number of amides is 1. The third-order valence-corrected chi connectivity index (χ3v) is 3.80. The molecule has 0 unspecified atom stereocenters. The minimum absolute atomic E-state index is 0.0285. The fourth-order valence-electron chi connectivity index (χ4n) is 2.08. The number of aliphatic carboxylic acids is 1. The molecule has 0 saturated carbocycles. The summed E-state index contributed by atoms with van der Waals surface area (Å²) in [4.78, 5) is 46.3. The minimum Gasteiger partial charge on any atom is -0.481 e. The number of hydrogen-bond acceptors (Lipinski definition) is 5. The number of carboxylic acid groups (broad SMARTS) is 1. The molecular formula is C17H20N4O4. The number of carbonyl (C=O) groups excluding carboxylic acids is 1. The number of aryl methyl sites for hydroxylation is 1. The number of aromatic amines is 1. The van der Waals surface area contributed by atoms with Crippen molar-refractivity contribution in [3.8, 4) is 11.4 Å². The Morgan fingerprint density at radius 1 is 1.36 bits per heavy atom. The predicted octanol–water partition coefficient (Wildman–Crippen LogP) is 0.910. The number of rotatable bonds is 6. The molecule has 0 aliphatic heterocycles. The Balaban J connectivity index is 2.14. The van der Waals surface area contributed by atoms with E-state index in [1.807, 2.05) is 0 Å². The molecule has 0 bridgehead atoms. The molecule has 132 valence electrons. The largest absolute Gasteiger partial charge is 0.481 e. The highest BCUT2D eigenvalue weighted by Crippen LogP contribution is 2.14. The maximum absolute atomic E-state index is 12.3. The topological polar surface area (TPSA) is 125 Å². The predicted molar refractivity (Wildman–Crippen MR) is 91.0 cm³/mol. The fraction of sp³-hybridized carbons (Fsp3) is 0.353. The van der Waals surface area contributed by atoms with Gasteiger partial charge in [-0.25, -0.2) is 4.98 Å². The molecule has 0 aliphatic carbocycles. The second kappa shape index (κ2) is 7.25. The molecule has 25 heavy (non-hydrogen) atoms. The number of nitrogens with one attached hydrogen (secondary N) is 2. The van der Waals surface area contributed by atoms with E-state index in [4.69, 9.17) is 5.11 Å². The number of pyridine rings is 1. The average molecular weight is 344 g/mol. The van der Waals surface area contributed by atoms with Gasteiger partial charge in [0.1, 0.15) is 5.82 Å². The normalized spacial score (nSPS) is 11.2. The summed E-state index contributed by atoms with van der Waals surface area (Å²) < 4.78 is 0. The van der Waals surface area contributed by atoms with Crippen LogP contribution < -0.4 is 10.9 Å². The Hall–Kier alpha value is -3.03. The van der Waals surface area contributed by atoms with Gasteiger partial charge in [-0.1, -0.05) is 0 Å². The van der Waals surface area contributed by atoms with Crippen LogP contribution in [-0.4, -0.2) is 38.5 Å². The molecule has 2 rings (SSSR count). The van der Waals surface area contributed by atoms with E-state index in [1.165, 1.54) is 13.8 Å². The molecule has 0 aromatic carbocycles. The first kappa shape index (κ1) is 18.3. The second-order valence-electron chi connectivity index (χ2n) is 6.36. The van der Waals surface area contributed by atoms with Crippen molar-refractivity contribution in [2.75, 3.05) is 6.54 Å². The molecule has 0 radical (unpaired) electrons. The van der Waals surface area contributed by atoms with Crippen LogP contribution in [0.3, 0.4) is 0 Å². The molecule has 3 N–H and O–H groups in total. The monoisotopic (exact) mass is 344 g/mol. The number of carboxylic acids is 1. The van der Waals surface area contributed by atoms with Crippen LogP contribution in [0.2, 0.25) is 0 Å². The van der Waals surface area contributed by atoms with Gasteiger partial charge in [-0.15, -0.1) is 0 Å². The van der Waals surface area contributed by atoms with Crippen molar-refractivity contribution in [3.05, 3.63) is 46.1 Å². The van der Waals surface area contributed by atoms with Crippen LogP contribution in [0.5, 0.6) is 0 Å². The smallest absolute Gasteiger partial charge is 0.310 e. The van der Waals surface area contributed by atoms with E-state index in [0.29, 0.717) is 17.1 Å². The molecule has 2 heterocycles. The maximum atomic E-state index is 12.3. The van der Waals surface area contributed by atoms with E-state index >= 15 is 0 Å². The van der Waals surface area contributed by atoms with Crippen LogP contribution in [0.4, 0.5) is 0 Å². The summed E-state index contributed by atoms with van der Waals surface area (Å²) in [6.45, 7) is 4.65. The average Bonchev–Trinajstić information content (AvgIpc) is 2.57. The number of aromatic nitrogens is 3. The molecule has 8 nitrogen and oxygen atoms in total. The Morgan fingerprint density at radius 2 is 2.08 bits per heavy atom.